The Labute approximate surface area is 126 Å². The van der Waals surface area contributed by atoms with Crippen LogP contribution in [0.15, 0.2) is 18.2 Å². The molecule has 0 radical (unpaired) electrons. The van der Waals surface area contributed by atoms with Gasteiger partial charge in [-0.1, -0.05) is 6.92 Å². The van der Waals surface area contributed by atoms with Crippen LogP contribution in [0.5, 0.6) is 5.75 Å². The molecule has 1 aromatic carbocycles. The molecule has 5 heteroatoms. The summed E-state index contributed by atoms with van der Waals surface area (Å²) in [6.45, 7) is 3.99. The molecule has 0 aliphatic heterocycles. The summed E-state index contributed by atoms with van der Waals surface area (Å²) in [5, 5.41) is 3.24. The first-order chi connectivity index (χ1) is 10.0. The van der Waals surface area contributed by atoms with Crippen molar-refractivity contribution in [1.29, 1.82) is 0 Å². The van der Waals surface area contributed by atoms with Gasteiger partial charge in [0.25, 0.3) is 0 Å². The molecule has 118 valence electrons. The van der Waals surface area contributed by atoms with E-state index < -0.39 is 0 Å². The predicted molar refractivity (Wildman–Crippen MR) is 81.8 cm³/mol. The molecule has 21 heavy (non-hydrogen) atoms. The summed E-state index contributed by atoms with van der Waals surface area (Å²) in [5.41, 5.74) is 0.808. The van der Waals surface area contributed by atoms with Crippen LogP contribution in [0.3, 0.4) is 0 Å². The number of rotatable bonds is 9. The number of nitrogens with zero attached hydrogens (tertiary/aromatic N) is 1. The summed E-state index contributed by atoms with van der Waals surface area (Å²) in [5.74, 6) is 0.498. The second kappa shape index (κ2) is 9.34. The van der Waals surface area contributed by atoms with Crippen LogP contribution in [0, 0.1) is 5.82 Å². The van der Waals surface area contributed by atoms with Gasteiger partial charge in [-0.3, -0.25) is 4.79 Å². The summed E-state index contributed by atoms with van der Waals surface area (Å²) >= 11 is 0. The first-order valence-electron chi connectivity index (χ1n) is 7.36. The lowest BCUT2D eigenvalue weighted by Gasteiger charge is -2.13. The molecule has 0 fully saturated rings. The molecule has 0 saturated carbocycles. The third-order valence-corrected chi connectivity index (χ3v) is 3.06. The van der Waals surface area contributed by atoms with Gasteiger partial charge in [-0.15, -0.1) is 0 Å². The molecule has 4 nitrogen and oxygen atoms in total. The Kier molecular flexibility index (Phi) is 7.75. The Morgan fingerprint density at radius 1 is 1.38 bits per heavy atom. The highest BCUT2D eigenvalue weighted by Crippen LogP contribution is 2.20. The van der Waals surface area contributed by atoms with Gasteiger partial charge in [0.2, 0.25) is 5.91 Å². The predicted octanol–water partition coefficient (Wildman–Crippen LogP) is 2.57. The summed E-state index contributed by atoms with van der Waals surface area (Å²) in [4.78, 5) is 13.0. The van der Waals surface area contributed by atoms with Crippen LogP contribution < -0.4 is 10.1 Å². The Balaban J connectivity index is 2.47. The minimum Gasteiger partial charge on any atom is -0.493 e. The van der Waals surface area contributed by atoms with Crippen LogP contribution in [0.1, 0.15) is 31.7 Å². The van der Waals surface area contributed by atoms with E-state index in [2.05, 4.69) is 12.2 Å². The van der Waals surface area contributed by atoms with Crippen LogP contribution in [-0.4, -0.2) is 38.1 Å². The van der Waals surface area contributed by atoms with Crippen molar-refractivity contribution in [1.82, 2.24) is 10.2 Å². The molecule has 0 atom stereocenters. The van der Waals surface area contributed by atoms with E-state index in [0.29, 0.717) is 31.7 Å². The van der Waals surface area contributed by atoms with Crippen molar-refractivity contribution in [3.8, 4) is 5.75 Å². The lowest BCUT2D eigenvalue weighted by Crippen LogP contribution is -2.21. The monoisotopic (exact) mass is 296 g/mol. The van der Waals surface area contributed by atoms with Crippen molar-refractivity contribution in [3.05, 3.63) is 29.6 Å². The number of benzene rings is 1. The van der Waals surface area contributed by atoms with Crippen LogP contribution in [0.2, 0.25) is 0 Å². The second-order valence-electron chi connectivity index (χ2n) is 5.17. The highest BCUT2D eigenvalue weighted by Gasteiger charge is 2.07. The average Bonchev–Trinajstić information content (AvgIpc) is 2.45. The van der Waals surface area contributed by atoms with E-state index in [1.54, 1.807) is 25.1 Å². The van der Waals surface area contributed by atoms with Crippen molar-refractivity contribution in [2.75, 3.05) is 27.2 Å². The lowest BCUT2D eigenvalue weighted by atomic mass is 10.2. The Hall–Kier alpha value is -1.62. The summed E-state index contributed by atoms with van der Waals surface area (Å²) < 4.78 is 19.0. The number of hydrogen-bond acceptors (Lipinski definition) is 3. The van der Waals surface area contributed by atoms with Crippen molar-refractivity contribution >= 4 is 5.91 Å². The molecule has 1 amide bonds. The van der Waals surface area contributed by atoms with E-state index in [1.807, 2.05) is 0 Å². The van der Waals surface area contributed by atoms with Gasteiger partial charge >= 0.3 is 0 Å². The SMILES string of the molecule is CCCNCc1cc(F)ccc1OCCCC(=O)N(C)C. The molecule has 0 aromatic heterocycles. The Bertz CT molecular complexity index is 450. The molecule has 0 saturated heterocycles. The minimum atomic E-state index is -0.265. The summed E-state index contributed by atoms with van der Waals surface area (Å²) in [6, 6.07) is 4.53. The van der Waals surface area contributed by atoms with Crippen molar-refractivity contribution in [2.24, 2.45) is 0 Å². The molecular formula is C16H25FN2O2. The highest BCUT2D eigenvalue weighted by molar-refractivity contribution is 5.75. The molecule has 0 spiro atoms. The van der Waals surface area contributed by atoms with Crippen LogP contribution in [-0.2, 0) is 11.3 Å². The molecule has 1 aromatic rings. The van der Waals surface area contributed by atoms with Gasteiger partial charge in [0.1, 0.15) is 11.6 Å². The van der Waals surface area contributed by atoms with Gasteiger partial charge in [0, 0.05) is 32.6 Å². The van der Waals surface area contributed by atoms with Gasteiger partial charge in [0.05, 0.1) is 6.61 Å². The largest absolute Gasteiger partial charge is 0.493 e. The maximum Gasteiger partial charge on any atom is 0.222 e. The van der Waals surface area contributed by atoms with E-state index in [0.717, 1.165) is 18.5 Å². The molecule has 1 N–H and O–H groups in total. The fraction of sp³-hybridized carbons (Fsp3) is 0.562. The highest BCUT2D eigenvalue weighted by atomic mass is 19.1. The number of carbonyl (C=O) groups is 1. The topological polar surface area (TPSA) is 41.6 Å². The number of nitrogens with one attached hydrogen (secondary N) is 1. The number of hydrogen-bond donors (Lipinski definition) is 1. The number of amides is 1. The minimum absolute atomic E-state index is 0.0857. The Morgan fingerprint density at radius 3 is 2.81 bits per heavy atom. The van der Waals surface area contributed by atoms with Crippen LogP contribution in [0.4, 0.5) is 4.39 Å². The Morgan fingerprint density at radius 2 is 2.14 bits per heavy atom. The van der Waals surface area contributed by atoms with Gasteiger partial charge in [-0.2, -0.15) is 0 Å². The quantitative estimate of drug-likeness (QED) is 0.712. The lowest BCUT2D eigenvalue weighted by molar-refractivity contribution is -0.128. The van der Waals surface area contributed by atoms with Crippen LogP contribution >= 0.6 is 0 Å². The fourth-order valence-electron chi connectivity index (χ4n) is 1.86. The first-order valence-corrected chi connectivity index (χ1v) is 7.36. The fourth-order valence-corrected chi connectivity index (χ4v) is 1.86. The molecule has 0 heterocycles. The number of carbonyl (C=O) groups excluding carboxylic acids is 1. The van der Waals surface area contributed by atoms with E-state index in [9.17, 15) is 9.18 Å². The maximum absolute atomic E-state index is 13.3. The standard InChI is InChI=1S/C16H25FN2O2/c1-4-9-18-12-13-11-14(17)7-8-15(13)21-10-5-6-16(20)19(2)3/h7-8,11,18H,4-6,9-10,12H2,1-3H3. The van der Waals surface area contributed by atoms with Gasteiger partial charge in [-0.25, -0.2) is 4.39 Å². The summed E-state index contributed by atoms with van der Waals surface area (Å²) in [7, 11) is 3.47. The number of halogens is 1. The third-order valence-electron chi connectivity index (χ3n) is 3.06. The first kappa shape index (κ1) is 17.4. The summed E-state index contributed by atoms with van der Waals surface area (Å²) in [6.07, 6.45) is 2.13. The van der Waals surface area contributed by atoms with E-state index in [-0.39, 0.29) is 11.7 Å². The zero-order chi connectivity index (χ0) is 15.7. The van der Waals surface area contributed by atoms with E-state index in [4.69, 9.17) is 4.74 Å². The third kappa shape index (κ3) is 6.58. The zero-order valence-electron chi connectivity index (χ0n) is 13.1. The van der Waals surface area contributed by atoms with Gasteiger partial charge in [-0.05, 0) is 37.6 Å². The smallest absolute Gasteiger partial charge is 0.222 e. The van der Waals surface area contributed by atoms with Gasteiger partial charge < -0.3 is 15.0 Å². The van der Waals surface area contributed by atoms with E-state index in [1.165, 1.54) is 12.1 Å². The molecule has 0 aliphatic rings. The molecule has 1 rings (SSSR count). The maximum atomic E-state index is 13.3. The van der Waals surface area contributed by atoms with Crippen molar-refractivity contribution in [2.45, 2.75) is 32.7 Å². The van der Waals surface area contributed by atoms with Crippen molar-refractivity contribution in [3.63, 3.8) is 0 Å². The van der Waals surface area contributed by atoms with Crippen LogP contribution in [0.25, 0.3) is 0 Å². The van der Waals surface area contributed by atoms with E-state index >= 15 is 0 Å². The normalized spacial score (nSPS) is 10.5. The molecule has 0 bridgehead atoms. The second-order valence-corrected chi connectivity index (χ2v) is 5.17. The molecule has 0 unspecified atom stereocenters. The molecular weight excluding hydrogens is 271 g/mol. The zero-order valence-corrected chi connectivity index (χ0v) is 13.1. The average molecular weight is 296 g/mol. The molecule has 0 aliphatic carbocycles. The number of ether oxygens (including phenoxy) is 1. The van der Waals surface area contributed by atoms with Crippen molar-refractivity contribution < 1.29 is 13.9 Å². The van der Waals surface area contributed by atoms with Gasteiger partial charge in [0.15, 0.2) is 0 Å².